The van der Waals surface area contributed by atoms with Crippen molar-refractivity contribution in [3.8, 4) is 0 Å². The van der Waals surface area contributed by atoms with Crippen molar-refractivity contribution in [1.29, 1.82) is 0 Å². The Bertz CT molecular complexity index is 418. The molecular formula is C12H16N2O3. The average Bonchev–Trinajstić information content (AvgIpc) is 2.31. The summed E-state index contributed by atoms with van der Waals surface area (Å²) in [7, 11) is 1.29. The lowest BCUT2D eigenvalue weighted by Gasteiger charge is -2.11. The summed E-state index contributed by atoms with van der Waals surface area (Å²) < 4.78 is 4.52. The van der Waals surface area contributed by atoms with Crippen LogP contribution in [0.2, 0.25) is 0 Å². The number of pyridine rings is 1. The van der Waals surface area contributed by atoms with Crippen molar-refractivity contribution in [2.45, 2.75) is 26.3 Å². The van der Waals surface area contributed by atoms with Crippen LogP contribution in [0, 0.1) is 6.92 Å². The first kappa shape index (κ1) is 13.2. The lowest BCUT2D eigenvalue weighted by atomic mass is 10.1. The van der Waals surface area contributed by atoms with E-state index in [-0.39, 0.29) is 12.3 Å². The number of hydrogen-bond donors (Lipinski definition) is 1. The number of nitrogens with zero attached hydrogens (tertiary/aromatic N) is 1. The maximum Gasteiger partial charge on any atom is 0.328 e. The Hall–Kier alpha value is -1.91. The lowest BCUT2D eigenvalue weighted by Crippen LogP contribution is -2.40. The monoisotopic (exact) mass is 236 g/mol. The van der Waals surface area contributed by atoms with Crippen molar-refractivity contribution in [2.75, 3.05) is 7.11 Å². The molecule has 1 amide bonds. The summed E-state index contributed by atoms with van der Waals surface area (Å²) >= 11 is 0. The molecule has 0 bridgehead atoms. The average molecular weight is 236 g/mol. The maximum atomic E-state index is 11.6. The van der Waals surface area contributed by atoms with Crippen LogP contribution in [0.1, 0.15) is 18.2 Å². The highest BCUT2D eigenvalue weighted by Crippen LogP contribution is 2.03. The second-order valence-electron chi connectivity index (χ2n) is 3.76. The van der Waals surface area contributed by atoms with Crippen molar-refractivity contribution in [1.82, 2.24) is 10.3 Å². The Balaban J connectivity index is 2.56. The zero-order valence-corrected chi connectivity index (χ0v) is 10.2. The number of carbonyl (C=O) groups excluding carboxylic acids is 2. The van der Waals surface area contributed by atoms with Crippen LogP contribution in [0.15, 0.2) is 18.3 Å². The molecule has 0 saturated heterocycles. The Morgan fingerprint density at radius 3 is 2.82 bits per heavy atom. The van der Waals surface area contributed by atoms with E-state index in [9.17, 15) is 9.59 Å². The minimum Gasteiger partial charge on any atom is -0.467 e. The largest absolute Gasteiger partial charge is 0.467 e. The van der Waals surface area contributed by atoms with E-state index in [4.69, 9.17) is 0 Å². The highest BCUT2D eigenvalue weighted by molar-refractivity contribution is 5.85. The van der Waals surface area contributed by atoms with Crippen molar-refractivity contribution in [2.24, 2.45) is 0 Å². The second kappa shape index (κ2) is 5.98. The van der Waals surface area contributed by atoms with Gasteiger partial charge in [-0.3, -0.25) is 9.78 Å². The molecule has 17 heavy (non-hydrogen) atoms. The highest BCUT2D eigenvalue weighted by atomic mass is 16.5. The Morgan fingerprint density at radius 2 is 2.24 bits per heavy atom. The minimum atomic E-state index is -0.642. The number of amides is 1. The predicted octanol–water partition coefficient (Wildman–Crippen LogP) is 0.610. The molecule has 1 aromatic heterocycles. The van der Waals surface area contributed by atoms with E-state index < -0.39 is 12.0 Å². The molecule has 0 aliphatic carbocycles. The van der Waals surface area contributed by atoms with Crippen LogP contribution in [0.5, 0.6) is 0 Å². The molecule has 5 nitrogen and oxygen atoms in total. The van der Waals surface area contributed by atoms with Gasteiger partial charge in [-0.05, 0) is 25.5 Å². The van der Waals surface area contributed by atoms with Gasteiger partial charge in [-0.15, -0.1) is 0 Å². The van der Waals surface area contributed by atoms with Crippen molar-refractivity contribution in [3.05, 3.63) is 29.6 Å². The van der Waals surface area contributed by atoms with Crippen molar-refractivity contribution in [3.63, 3.8) is 0 Å². The summed E-state index contributed by atoms with van der Waals surface area (Å²) in [6.45, 7) is 3.47. The number of hydrogen-bond acceptors (Lipinski definition) is 4. The molecule has 0 aliphatic heterocycles. The third kappa shape index (κ3) is 3.86. The van der Waals surface area contributed by atoms with Gasteiger partial charge < -0.3 is 10.1 Å². The molecule has 0 spiro atoms. The molecule has 1 unspecified atom stereocenters. The second-order valence-corrected chi connectivity index (χ2v) is 3.76. The summed E-state index contributed by atoms with van der Waals surface area (Å²) in [5.74, 6) is -0.708. The van der Waals surface area contributed by atoms with E-state index in [1.807, 2.05) is 19.1 Å². The summed E-state index contributed by atoms with van der Waals surface area (Å²) in [5.41, 5.74) is 1.66. The molecule has 0 fully saturated rings. The molecule has 0 radical (unpaired) electrons. The van der Waals surface area contributed by atoms with Crippen LogP contribution < -0.4 is 5.32 Å². The Labute approximate surface area is 100 Å². The molecular weight excluding hydrogens is 220 g/mol. The first-order valence-corrected chi connectivity index (χ1v) is 5.32. The van der Waals surface area contributed by atoms with E-state index in [1.54, 1.807) is 13.1 Å². The third-order valence-corrected chi connectivity index (χ3v) is 2.38. The number of aromatic nitrogens is 1. The van der Waals surface area contributed by atoms with Crippen molar-refractivity contribution >= 4 is 11.9 Å². The number of esters is 1. The molecule has 0 aromatic carbocycles. The van der Waals surface area contributed by atoms with Gasteiger partial charge in [0.2, 0.25) is 5.91 Å². The molecule has 0 saturated carbocycles. The fourth-order valence-electron chi connectivity index (χ4n) is 1.38. The van der Waals surface area contributed by atoms with Gasteiger partial charge in [0, 0.05) is 6.20 Å². The van der Waals surface area contributed by atoms with Gasteiger partial charge >= 0.3 is 5.97 Å². The number of aryl methyl sites for hydroxylation is 1. The van der Waals surface area contributed by atoms with Crippen molar-refractivity contribution < 1.29 is 14.3 Å². The molecule has 1 heterocycles. The molecule has 1 atom stereocenters. The summed E-state index contributed by atoms with van der Waals surface area (Å²) in [4.78, 5) is 26.9. The van der Waals surface area contributed by atoms with Gasteiger partial charge in [0.25, 0.3) is 0 Å². The van der Waals surface area contributed by atoms with Gasteiger partial charge in [0.05, 0.1) is 19.2 Å². The van der Waals surface area contributed by atoms with Crippen LogP contribution in [-0.2, 0) is 20.7 Å². The van der Waals surface area contributed by atoms with E-state index in [0.29, 0.717) is 5.69 Å². The number of nitrogens with one attached hydrogen (secondary N) is 1. The van der Waals surface area contributed by atoms with Crippen LogP contribution in [-0.4, -0.2) is 30.0 Å². The summed E-state index contributed by atoms with van der Waals surface area (Å²) in [5, 5.41) is 2.55. The Kier molecular flexibility index (Phi) is 4.63. The van der Waals surface area contributed by atoms with Gasteiger partial charge in [0.1, 0.15) is 6.04 Å². The zero-order valence-electron chi connectivity index (χ0n) is 10.2. The van der Waals surface area contributed by atoms with Crippen LogP contribution >= 0.6 is 0 Å². The normalized spacial score (nSPS) is 11.7. The summed E-state index contributed by atoms with van der Waals surface area (Å²) in [6.07, 6.45) is 1.80. The first-order valence-electron chi connectivity index (χ1n) is 5.32. The molecule has 92 valence electrons. The van der Waals surface area contributed by atoms with E-state index >= 15 is 0 Å². The van der Waals surface area contributed by atoms with E-state index in [1.165, 1.54) is 7.11 Å². The first-order chi connectivity index (χ1) is 8.04. The smallest absolute Gasteiger partial charge is 0.328 e. The predicted molar refractivity (Wildman–Crippen MR) is 62.3 cm³/mol. The SMILES string of the molecule is COC(=O)C(C)NC(=O)Cc1ncccc1C. The van der Waals surface area contributed by atoms with Gasteiger partial charge in [-0.2, -0.15) is 0 Å². The number of carbonyl (C=O) groups is 2. The van der Waals surface area contributed by atoms with Gasteiger partial charge in [0.15, 0.2) is 0 Å². The standard InChI is InChI=1S/C12H16N2O3/c1-8-5-4-6-13-10(8)7-11(15)14-9(2)12(16)17-3/h4-6,9H,7H2,1-3H3,(H,14,15). The van der Waals surface area contributed by atoms with Gasteiger partial charge in [-0.25, -0.2) is 4.79 Å². The Morgan fingerprint density at radius 1 is 1.53 bits per heavy atom. The lowest BCUT2D eigenvalue weighted by molar-refractivity contribution is -0.144. The van der Waals surface area contributed by atoms with E-state index in [2.05, 4.69) is 15.0 Å². The topological polar surface area (TPSA) is 68.3 Å². The molecule has 1 N–H and O–H groups in total. The third-order valence-electron chi connectivity index (χ3n) is 2.38. The van der Waals surface area contributed by atoms with Gasteiger partial charge in [-0.1, -0.05) is 6.07 Å². The minimum absolute atomic E-state index is 0.161. The molecule has 5 heteroatoms. The maximum absolute atomic E-state index is 11.6. The molecule has 1 aromatic rings. The summed E-state index contributed by atoms with van der Waals surface area (Å²) in [6, 6.07) is 3.06. The number of methoxy groups -OCH3 is 1. The van der Waals surface area contributed by atoms with E-state index in [0.717, 1.165) is 5.56 Å². The van der Waals surface area contributed by atoms with Crippen LogP contribution in [0.25, 0.3) is 0 Å². The fraction of sp³-hybridized carbons (Fsp3) is 0.417. The number of rotatable bonds is 4. The number of ether oxygens (including phenoxy) is 1. The highest BCUT2D eigenvalue weighted by Gasteiger charge is 2.16. The zero-order chi connectivity index (χ0) is 12.8. The van der Waals surface area contributed by atoms with Crippen LogP contribution in [0.4, 0.5) is 0 Å². The fourth-order valence-corrected chi connectivity index (χ4v) is 1.38. The van der Waals surface area contributed by atoms with Crippen LogP contribution in [0.3, 0.4) is 0 Å². The molecule has 0 aliphatic rings. The molecule has 1 rings (SSSR count). The quantitative estimate of drug-likeness (QED) is 0.778.